The smallest absolute Gasteiger partial charge is 0.236 e. The van der Waals surface area contributed by atoms with Gasteiger partial charge in [0.05, 0.1) is 6.07 Å². The van der Waals surface area contributed by atoms with Gasteiger partial charge in [-0.05, 0) is 17.3 Å². The highest BCUT2D eigenvalue weighted by atomic mass is 16.2. The van der Waals surface area contributed by atoms with Gasteiger partial charge in [0.2, 0.25) is 5.91 Å². The van der Waals surface area contributed by atoms with Gasteiger partial charge >= 0.3 is 0 Å². The highest BCUT2D eigenvalue weighted by Crippen LogP contribution is 2.42. The zero-order valence-corrected chi connectivity index (χ0v) is 10.0. The van der Waals surface area contributed by atoms with Gasteiger partial charge in [-0.15, -0.1) is 0 Å². The fourth-order valence-corrected chi connectivity index (χ4v) is 3.38. The predicted molar refractivity (Wildman–Crippen MR) is 60.5 cm³/mol. The summed E-state index contributed by atoms with van der Waals surface area (Å²) in [7, 11) is 0. The van der Waals surface area contributed by atoms with Crippen LogP contribution >= 0.6 is 0 Å². The molecule has 0 aliphatic carbocycles. The molecule has 88 valence electrons. The number of nitriles is 1. The fourth-order valence-electron chi connectivity index (χ4n) is 3.38. The fraction of sp³-hybridized carbons (Fsp3) is 0.833. The Hall–Kier alpha value is -1.08. The molecule has 0 saturated carbocycles. The molecular weight excluding hydrogens is 202 g/mol. The third kappa shape index (κ3) is 2.05. The summed E-state index contributed by atoms with van der Waals surface area (Å²) in [5.41, 5.74) is 0.354. The Morgan fingerprint density at radius 3 is 2.44 bits per heavy atom. The summed E-state index contributed by atoms with van der Waals surface area (Å²) in [5.74, 6) is -0.0125. The van der Waals surface area contributed by atoms with Gasteiger partial charge in [-0.3, -0.25) is 4.79 Å². The quantitative estimate of drug-likeness (QED) is 0.711. The zero-order chi connectivity index (χ0) is 11.8. The molecule has 1 amide bonds. The van der Waals surface area contributed by atoms with Crippen molar-refractivity contribution in [2.75, 3.05) is 26.2 Å². The van der Waals surface area contributed by atoms with Crippen LogP contribution in [0.5, 0.6) is 0 Å². The second-order valence-electron chi connectivity index (χ2n) is 5.99. The summed E-state index contributed by atoms with van der Waals surface area (Å²) in [4.78, 5) is 13.7. The third-order valence-corrected chi connectivity index (χ3v) is 3.69. The van der Waals surface area contributed by atoms with Crippen LogP contribution in [0.4, 0.5) is 0 Å². The summed E-state index contributed by atoms with van der Waals surface area (Å²) >= 11 is 0. The van der Waals surface area contributed by atoms with Crippen LogP contribution in [0.2, 0.25) is 0 Å². The van der Waals surface area contributed by atoms with Crippen molar-refractivity contribution >= 4 is 5.91 Å². The number of fused-ring (bicyclic) bond motifs is 2. The van der Waals surface area contributed by atoms with E-state index in [1.807, 2.05) is 11.0 Å². The maximum atomic E-state index is 11.8. The average molecular weight is 221 g/mol. The number of hydrogen-bond donors (Lipinski definition) is 1. The number of amides is 1. The van der Waals surface area contributed by atoms with E-state index in [9.17, 15) is 4.79 Å². The minimum atomic E-state index is -0.0125. The molecule has 2 heterocycles. The SMILES string of the molecule is C[C@]12CNC[C@@](C)(CN(C(=O)CC#N)C1)C2. The Kier molecular flexibility index (Phi) is 2.67. The molecule has 0 aromatic rings. The van der Waals surface area contributed by atoms with Crippen molar-refractivity contribution in [1.29, 1.82) is 5.26 Å². The molecule has 0 spiro atoms. The molecule has 2 atom stereocenters. The average Bonchev–Trinajstić information content (AvgIpc) is 2.14. The van der Waals surface area contributed by atoms with Crippen LogP contribution in [-0.2, 0) is 4.79 Å². The van der Waals surface area contributed by atoms with Crippen molar-refractivity contribution in [1.82, 2.24) is 10.2 Å². The molecule has 0 radical (unpaired) electrons. The number of carbonyl (C=O) groups excluding carboxylic acids is 1. The van der Waals surface area contributed by atoms with Crippen LogP contribution in [0, 0.1) is 22.2 Å². The summed E-state index contributed by atoms with van der Waals surface area (Å²) in [6, 6.07) is 1.95. The lowest BCUT2D eigenvalue weighted by atomic mass is 9.66. The van der Waals surface area contributed by atoms with Gasteiger partial charge in [-0.2, -0.15) is 5.26 Å². The van der Waals surface area contributed by atoms with E-state index in [0.717, 1.165) is 26.2 Å². The topological polar surface area (TPSA) is 56.1 Å². The van der Waals surface area contributed by atoms with Crippen molar-refractivity contribution in [3.05, 3.63) is 0 Å². The van der Waals surface area contributed by atoms with Crippen LogP contribution in [0.3, 0.4) is 0 Å². The van der Waals surface area contributed by atoms with Gasteiger partial charge in [0.1, 0.15) is 6.42 Å². The molecule has 0 aromatic heterocycles. The molecule has 2 rings (SSSR count). The van der Waals surface area contributed by atoms with E-state index in [4.69, 9.17) is 5.26 Å². The predicted octanol–water partition coefficient (Wildman–Crippen LogP) is 0.748. The van der Waals surface area contributed by atoms with Crippen molar-refractivity contribution in [2.24, 2.45) is 10.8 Å². The van der Waals surface area contributed by atoms with E-state index in [1.54, 1.807) is 0 Å². The van der Waals surface area contributed by atoms with Gasteiger partial charge in [-0.1, -0.05) is 13.8 Å². The molecule has 0 unspecified atom stereocenters. The van der Waals surface area contributed by atoms with Gasteiger partial charge in [0.25, 0.3) is 0 Å². The minimum absolute atomic E-state index is 0.0125. The van der Waals surface area contributed by atoms with Crippen LogP contribution in [-0.4, -0.2) is 37.0 Å². The Morgan fingerprint density at radius 2 is 1.94 bits per heavy atom. The second kappa shape index (κ2) is 3.74. The molecule has 2 fully saturated rings. The lowest BCUT2D eigenvalue weighted by Gasteiger charge is -2.53. The van der Waals surface area contributed by atoms with Gasteiger partial charge < -0.3 is 10.2 Å². The lowest BCUT2D eigenvalue weighted by molar-refractivity contribution is -0.139. The van der Waals surface area contributed by atoms with Crippen molar-refractivity contribution in [3.63, 3.8) is 0 Å². The van der Waals surface area contributed by atoms with Crippen LogP contribution in [0.1, 0.15) is 26.7 Å². The molecule has 2 bridgehead atoms. The Balaban J connectivity index is 2.14. The van der Waals surface area contributed by atoms with Gasteiger partial charge in [-0.25, -0.2) is 0 Å². The second-order valence-corrected chi connectivity index (χ2v) is 5.99. The van der Waals surface area contributed by atoms with Crippen molar-refractivity contribution in [2.45, 2.75) is 26.7 Å². The first-order valence-corrected chi connectivity index (χ1v) is 5.82. The Morgan fingerprint density at radius 1 is 1.38 bits per heavy atom. The van der Waals surface area contributed by atoms with E-state index in [-0.39, 0.29) is 23.2 Å². The molecule has 2 saturated heterocycles. The summed E-state index contributed by atoms with van der Waals surface area (Å²) in [6.45, 7) is 7.97. The van der Waals surface area contributed by atoms with Crippen molar-refractivity contribution < 1.29 is 4.79 Å². The first-order valence-electron chi connectivity index (χ1n) is 5.82. The first kappa shape index (κ1) is 11.4. The molecule has 2 aliphatic rings. The van der Waals surface area contributed by atoms with E-state index >= 15 is 0 Å². The lowest BCUT2D eigenvalue weighted by Crippen LogP contribution is -2.62. The number of nitrogens with one attached hydrogen (secondary N) is 1. The zero-order valence-electron chi connectivity index (χ0n) is 10.0. The van der Waals surface area contributed by atoms with E-state index in [1.165, 1.54) is 6.42 Å². The molecule has 1 N–H and O–H groups in total. The summed E-state index contributed by atoms with van der Waals surface area (Å²) in [6.07, 6.45) is 1.18. The molecule has 0 aromatic carbocycles. The number of nitrogens with zero attached hydrogens (tertiary/aromatic N) is 2. The normalized spacial score (nSPS) is 37.9. The van der Waals surface area contributed by atoms with Gasteiger partial charge in [0, 0.05) is 26.2 Å². The maximum Gasteiger partial charge on any atom is 0.236 e. The number of hydrogen-bond acceptors (Lipinski definition) is 3. The van der Waals surface area contributed by atoms with E-state index in [0.29, 0.717) is 0 Å². The largest absolute Gasteiger partial charge is 0.341 e. The Labute approximate surface area is 96.6 Å². The molecule has 16 heavy (non-hydrogen) atoms. The van der Waals surface area contributed by atoms with E-state index < -0.39 is 0 Å². The third-order valence-electron chi connectivity index (χ3n) is 3.69. The summed E-state index contributed by atoms with van der Waals surface area (Å²) in [5, 5.41) is 12.0. The van der Waals surface area contributed by atoms with Crippen LogP contribution < -0.4 is 5.32 Å². The number of carbonyl (C=O) groups is 1. The van der Waals surface area contributed by atoms with Crippen LogP contribution in [0.15, 0.2) is 0 Å². The highest BCUT2D eigenvalue weighted by molar-refractivity contribution is 5.78. The molecule has 2 aliphatic heterocycles. The minimum Gasteiger partial charge on any atom is -0.341 e. The summed E-state index contributed by atoms with van der Waals surface area (Å²) < 4.78 is 0. The highest BCUT2D eigenvalue weighted by Gasteiger charge is 2.46. The molecule has 4 heteroatoms. The number of likely N-dealkylation sites (tertiary alicyclic amines) is 1. The van der Waals surface area contributed by atoms with Crippen molar-refractivity contribution in [3.8, 4) is 6.07 Å². The van der Waals surface area contributed by atoms with Gasteiger partial charge in [0.15, 0.2) is 0 Å². The first-order chi connectivity index (χ1) is 7.46. The number of rotatable bonds is 1. The number of piperidine rings is 2. The molecular formula is C12H19N3O. The monoisotopic (exact) mass is 221 g/mol. The van der Waals surface area contributed by atoms with E-state index in [2.05, 4.69) is 19.2 Å². The van der Waals surface area contributed by atoms with Crippen LogP contribution in [0.25, 0.3) is 0 Å². The molecule has 4 nitrogen and oxygen atoms in total. The Bertz CT molecular complexity index is 331. The maximum absolute atomic E-state index is 11.8. The standard InChI is InChI=1S/C12H19N3O/c1-11-5-12(2,7-14-6-11)9-15(8-11)10(16)3-4-13/h14H,3,5-9H2,1-2H3/t11-,12-/m0/s1.